The van der Waals surface area contributed by atoms with Crippen molar-refractivity contribution in [2.75, 3.05) is 20.1 Å². The molecular formula is C17H30IN7O. The smallest absolute Gasteiger partial charge is 0.242 e. The molecule has 0 aromatic carbocycles. The van der Waals surface area contributed by atoms with E-state index in [2.05, 4.69) is 52.8 Å². The van der Waals surface area contributed by atoms with Crippen LogP contribution in [0.1, 0.15) is 45.8 Å². The van der Waals surface area contributed by atoms with Gasteiger partial charge < -0.3 is 19.7 Å². The van der Waals surface area contributed by atoms with Crippen molar-refractivity contribution in [1.29, 1.82) is 0 Å². The number of halogens is 1. The molecule has 1 saturated heterocycles. The van der Waals surface area contributed by atoms with Gasteiger partial charge in [-0.1, -0.05) is 0 Å². The molecule has 2 aliphatic heterocycles. The third-order valence-electron chi connectivity index (χ3n) is 4.94. The maximum atomic E-state index is 12.6. The zero-order valence-electron chi connectivity index (χ0n) is 16.3. The van der Waals surface area contributed by atoms with Crippen molar-refractivity contribution >= 4 is 35.8 Å². The average Bonchev–Trinajstić information content (AvgIpc) is 3.10. The van der Waals surface area contributed by atoms with Crippen LogP contribution in [0.2, 0.25) is 0 Å². The van der Waals surface area contributed by atoms with Crippen molar-refractivity contribution in [2.45, 2.75) is 65.2 Å². The van der Waals surface area contributed by atoms with E-state index in [1.165, 1.54) is 0 Å². The molecule has 146 valence electrons. The lowest BCUT2D eigenvalue weighted by Crippen LogP contribution is -2.66. The van der Waals surface area contributed by atoms with E-state index in [1.54, 1.807) is 7.05 Å². The normalized spacial score (nSPS) is 19.6. The summed E-state index contributed by atoms with van der Waals surface area (Å²) >= 11 is 0. The summed E-state index contributed by atoms with van der Waals surface area (Å²) in [4.78, 5) is 21.0. The first-order chi connectivity index (χ1) is 11.8. The van der Waals surface area contributed by atoms with E-state index in [0.717, 1.165) is 43.5 Å². The van der Waals surface area contributed by atoms with E-state index < -0.39 is 0 Å². The molecule has 3 heterocycles. The van der Waals surface area contributed by atoms with Gasteiger partial charge >= 0.3 is 0 Å². The summed E-state index contributed by atoms with van der Waals surface area (Å²) in [5, 5.41) is 11.9. The minimum atomic E-state index is -0.239. The number of carbonyl (C=O) groups excluding carboxylic acids is 1. The Balaban J connectivity index is 0.00000243. The maximum Gasteiger partial charge on any atom is 0.242 e. The van der Waals surface area contributed by atoms with Gasteiger partial charge in [0, 0.05) is 32.6 Å². The minimum absolute atomic E-state index is 0. The highest BCUT2D eigenvalue weighted by molar-refractivity contribution is 14.0. The van der Waals surface area contributed by atoms with E-state index in [4.69, 9.17) is 0 Å². The number of aromatic nitrogens is 3. The number of aryl methyl sites for hydroxylation is 1. The molecule has 0 bridgehead atoms. The van der Waals surface area contributed by atoms with Crippen LogP contribution < -0.4 is 5.32 Å². The number of rotatable bonds is 3. The molecule has 0 aliphatic carbocycles. The highest BCUT2D eigenvalue weighted by atomic mass is 127. The highest BCUT2D eigenvalue weighted by Crippen LogP contribution is 2.24. The van der Waals surface area contributed by atoms with Crippen molar-refractivity contribution in [2.24, 2.45) is 4.99 Å². The third-order valence-corrected chi connectivity index (χ3v) is 4.94. The number of hydrogen-bond donors (Lipinski definition) is 1. The number of hydrogen-bond acceptors (Lipinski definition) is 4. The third kappa shape index (κ3) is 3.96. The standard InChI is InChI=1S/C17H29N7O.HI/c1-12(2)24-15(25)10-22(11-17(24,3)4)16(18-5)19-9-14-21-20-13-7-6-8-23(13)14;/h12H,6-11H2,1-5H3,(H,18,19);1H. The molecule has 1 amide bonds. The molecule has 2 aliphatic rings. The predicted octanol–water partition coefficient (Wildman–Crippen LogP) is 1.25. The van der Waals surface area contributed by atoms with Gasteiger partial charge in [0.2, 0.25) is 5.91 Å². The zero-order valence-corrected chi connectivity index (χ0v) is 18.7. The number of fused-ring (bicyclic) bond motifs is 1. The molecule has 26 heavy (non-hydrogen) atoms. The van der Waals surface area contributed by atoms with E-state index in [9.17, 15) is 4.79 Å². The molecule has 3 rings (SSSR count). The molecule has 0 spiro atoms. The Hall–Kier alpha value is -1.39. The Morgan fingerprint density at radius 3 is 2.69 bits per heavy atom. The summed E-state index contributed by atoms with van der Waals surface area (Å²) in [5.74, 6) is 2.87. The minimum Gasteiger partial charge on any atom is -0.349 e. The summed E-state index contributed by atoms with van der Waals surface area (Å²) in [5.41, 5.74) is -0.239. The fourth-order valence-electron chi connectivity index (χ4n) is 4.14. The van der Waals surface area contributed by atoms with Gasteiger partial charge in [-0.15, -0.1) is 34.2 Å². The fourth-order valence-corrected chi connectivity index (χ4v) is 4.14. The largest absolute Gasteiger partial charge is 0.349 e. The molecule has 0 atom stereocenters. The van der Waals surface area contributed by atoms with E-state index >= 15 is 0 Å². The summed E-state index contributed by atoms with van der Waals surface area (Å²) in [6.45, 7) is 11.0. The zero-order chi connectivity index (χ0) is 18.2. The second kappa shape index (κ2) is 8.10. The Bertz CT molecular complexity index is 683. The lowest BCUT2D eigenvalue weighted by molar-refractivity contribution is -0.145. The predicted molar refractivity (Wildman–Crippen MR) is 112 cm³/mol. The van der Waals surface area contributed by atoms with Crippen molar-refractivity contribution in [1.82, 2.24) is 29.9 Å². The molecule has 1 aromatic rings. The maximum absolute atomic E-state index is 12.6. The summed E-state index contributed by atoms with van der Waals surface area (Å²) in [6.07, 6.45) is 2.13. The number of aliphatic imine (C=N–C) groups is 1. The Labute approximate surface area is 172 Å². The van der Waals surface area contributed by atoms with Crippen molar-refractivity contribution < 1.29 is 4.79 Å². The summed E-state index contributed by atoms with van der Waals surface area (Å²) in [7, 11) is 1.75. The monoisotopic (exact) mass is 475 g/mol. The molecule has 1 fully saturated rings. The number of nitrogens with zero attached hydrogens (tertiary/aromatic N) is 6. The first kappa shape index (κ1) is 20.9. The first-order valence-electron chi connectivity index (χ1n) is 9.02. The number of guanidine groups is 1. The summed E-state index contributed by atoms with van der Waals surface area (Å²) < 4.78 is 2.17. The van der Waals surface area contributed by atoms with Gasteiger partial charge in [0.05, 0.1) is 18.6 Å². The van der Waals surface area contributed by atoms with Gasteiger partial charge in [0.15, 0.2) is 11.8 Å². The van der Waals surface area contributed by atoms with Gasteiger partial charge in [0.1, 0.15) is 5.82 Å². The lowest BCUT2D eigenvalue weighted by atomic mass is 9.96. The number of nitrogens with one attached hydrogen (secondary N) is 1. The molecular weight excluding hydrogens is 445 g/mol. The second-order valence-corrected chi connectivity index (χ2v) is 7.71. The highest BCUT2D eigenvalue weighted by Gasteiger charge is 2.40. The molecule has 1 N–H and O–H groups in total. The molecule has 9 heteroatoms. The Kier molecular flexibility index (Phi) is 6.51. The molecule has 1 aromatic heterocycles. The van der Waals surface area contributed by atoms with Gasteiger partial charge in [-0.05, 0) is 34.1 Å². The van der Waals surface area contributed by atoms with E-state index in [0.29, 0.717) is 13.1 Å². The number of carbonyl (C=O) groups is 1. The molecule has 8 nitrogen and oxygen atoms in total. The van der Waals surface area contributed by atoms with Crippen LogP contribution in [0.5, 0.6) is 0 Å². The van der Waals surface area contributed by atoms with Crippen LogP contribution in [0.15, 0.2) is 4.99 Å². The lowest BCUT2D eigenvalue weighted by Gasteiger charge is -2.49. The van der Waals surface area contributed by atoms with Gasteiger partial charge in [-0.25, -0.2) is 0 Å². The number of amides is 1. The van der Waals surface area contributed by atoms with E-state index in [1.807, 2.05) is 9.80 Å². The Morgan fingerprint density at radius 2 is 2.08 bits per heavy atom. The van der Waals surface area contributed by atoms with Gasteiger partial charge in [0.25, 0.3) is 0 Å². The van der Waals surface area contributed by atoms with Crippen LogP contribution >= 0.6 is 24.0 Å². The first-order valence-corrected chi connectivity index (χ1v) is 9.02. The van der Waals surface area contributed by atoms with Crippen molar-refractivity contribution in [3.63, 3.8) is 0 Å². The van der Waals surface area contributed by atoms with Crippen LogP contribution in [0, 0.1) is 0 Å². The SMILES string of the molecule is CN=C(NCc1nnc2n1CCC2)N1CC(=O)N(C(C)C)C(C)(C)C1.I. The molecule has 0 unspecified atom stereocenters. The fraction of sp³-hybridized carbons (Fsp3) is 0.765. The van der Waals surface area contributed by atoms with Gasteiger partial charge in [-0.2, -0.15) is 0 Å². The van der Waals surface area contributed by atoms with Gasteiger partial charge in [-0.3, -0.25) is 9.79 Å². The van der Waals surface area contributed by atoms with Crippen LogP contribution in [0.4, 0.5) is 0 Å². The van der Waals surface area contributed by atoms with Crippen LogP contribution in [-0.4, -0.2) is 68.1 Å². The molecule has 0 radical (unpaired) electrons. The topological polar surface area (TPSA) is 78.6 Å². The second-order valence-electron chi connectivity index (χ2n) is 7.71. The van der Waals surface area contributed by atoms with Crippen molar-refractivity contribution in [3.05, 3.63) is 11.6 Å². The van der Waals surface area contributed by atoms with Crippen molar-refractivity contribution in [3.8, 4) is 0 Å². The van der Waals surface area contributed by atoms with Crippen LogP contribution in [-0.2, 0) is 24.3 Å². The summed E-state index contributed by atoms with van der Waals surface area (Å²) in [6, 6.07) is 0.193. The molecule has 0 saturated carbocycles. The van der Waals surface area contributed by atoms with E-state index in [-0.39, 0.29) is 41.5 Å². The van der Waals surface area contributed by atoms with Crippen LogP contribution in [0.3, 0.4) is 0 Å². The van der Waals surface area contributed by atoms with Crippen LogP contribution in [0.25, 0.3) is 0 Å². The average molecular weight is 475 g/mol. The quantitative estimate of drug-likeness (QED) is 0.405. The number of piperazine rings is 1. The Morgan fingerprint density at radius 1 is 1.35 bits per heavy atom.